The minimum atomic E-state index is 0.0726. The molecule has 35 heteroatoms. The summed E-state index contributed by atoms with van der Waals surface area (Å²) in [6.45, 7) is 31.7. The maximum absolute atomic E-state index is 6.58. The molecule has 5 saturated heterocycles. The van der Waals surface area contributed by atoms with Gasteiger partial charge in [0, 0.05) is 151 Å². The quantitative estimate of drug-likeness (QED) is 0.0742. The lowest BCUT2D eigenvalue weighted by Crippen LogP contribution is -2.61. The summed E-state index contributed by atoms with van der Waals surface area (Å²) in [6.07, 6.45) is 19.9. The fraction of sp³-hybridized carbons (Fsp3) is 0.468. The molecule has 13 heterocycles. The predicted octanol–water partition coefficient (Wildman–Crippen LogP) is 15.8. The zero-order valence-corrected chi connectivity index (χ0v) is 73.4. The van der Waals surface area contributed by atoms with Crippen LogP contribution >= 0.6 is 91.8 Å². The Bertz CT molecular complexity index is 5030. The number of fused-ring (bicyclic) bond motifs is 1. The number of benzene rings is 4. The zero-order valence-electron chi connectivity index (χ0n) is 67.1. The van der Waals surface area contributed by atoms with Gasteiger partial charge >= 0.3 is 0 Å². The minimum absolute atomic E-state index is 0.0726. The molecular formula is C79H99Cl4N27S4. The SMILES string of the molecule is CN(c1nnc(-c2ccc(-n3ccc(N)n3)cc2Cl)s1)C1CC(C)(C)NC(C)(C)C1.CN(c1nnc(-c2ccc(-n3cncn3)cc2Cl)s1)C1CC(C)(C)NC(C)(C)C1.CN(c1nnc(-c2ccc(-n3nccn3)cc2Cl)s1)C1CC(C)(C)NC(C)(C)C1.CN1C[C@@H]2CN(c3nnc(-c4ccc(-n5ccnc5)cc4Cl)s3)C[C@@H]2C1. The van der Waals surface area contributed by atoms with E-state index in [2.05, 4.69) is 223 Å². The highest BCUT2D eigenvalue weighted by Gasteiger charge is 2.44. The fourth-order valence-electron chi connectivity index (χ4n) is 17.2. The summed E-state index contributed by atoms with van der Waals surface area (Å²) in [6, 6.07) is 26.2. The highest BCUT2D eigenvalue weighted by Crippen LogP contribution is 2.44. The Labute approximate surface area is 702 Å². The molecule has 0 radical (unpaired) electrons. The molecule has 12 aromatic rings. The number of nitrogens with zero attached hydrogens (tertiary/aromatic N) is 23. The minimum Gasteiger partial charge on any atom is -0.382 e. The standard InChI is InChI=1S/C21H28ClN7S.2C20H26ClN7S.C18H19ClN6S/c1-20(2)11-14(12-21(3,4)27-20)28(5)19-25-24-18(30-19)15-7-6-13(10-16(15)22)29-9-8-17(23)26-29;1-19(2)9-14(10-20(3,4)26-19)27(5)18-25-24-17(29-18)15-7-6-13(8-16(15)21)28-12-22-11-23-28;1-19(2)11-14(12-20(3,4)26-19)27(5)18-25-24-17(29-18)15-7-6-13(10-16(15)21)28-22-8-9-23-28;1-23-7-12-9-25(10-13(12)8-23)18-22-21-17(26-18)15-3-2-14(6-16(15)19)24-5-4-20-11-24/h6-10,14,27H,11-12H2,1-5H3,(H2,23,26);6-8,11-12,14,26H,9-10H2,1-5H3;6-10,14,26H,11-12H2,1-5H3;2-6,11-13H,7-10H2,1H3/t;;;12-,13+. The number of rotatable bonds is 15. The molecule has 0 bridgehead atoms. The van der Waals surface area contributed by atoms with Crippen molar-refractivity contribution >= 4 is 118 Å². The van der Waals surface area contributed by atoms with Crippen LogP contribution in [-0.2, 0) is 0 Å². The van der Waals surface area contributed by atoms with Crippen LogP contribution in [0.4, 0.5) is 26.3 Å². The van der Waals surface area contributed by atoms with Crippen molar-refractivity contribution in [2.75, 3.05) is 79.7 Å². The Kier molecular flexibility index (Phi) is 23.9. The average molecular weight is 1700 g/mol. The monoisotopic (exact) mass is 1690 g/mol. The third-order valence-corrected chi connectivity index (χ3v) is 26.8. The van der Waals surface area contributed by atoms with Crippen LogP contribution in [0.15, 0.2) is 129 Å². The molecule has 602 valence electrons. The second-order valence-electron chi connectivity index (χ2n) is 34.4. The Hall–Kier alpha value is -8.18. The molecule has 8 aromatic heterocycles. The number of nitrogens with one attached hydrogen (secondary N) is 3. The molecule has 0 aliphatic carbocycles. The summed E-state index contributed by atoms with van der Waals surface area (Å²) < 4.78 is 5.31. The van der Waals surface area contributed by atoms with Gasteiger partial charge in [0.2, 0.25) is 20.5 Å². The van der Waals surface area contributed by atoms with Crippen LogP contribution in [0, 0.1) is 11.8 Å². The van der Waals surface area contributed by atoms with E-state index in [-0.39, 0.29) is 33.2 Å². The third kappa shape index (κ3) is 19.4. The largest absolute Gasteiger partial charge is 0.382 e. The van der Waals surface area contributed by atoms with Gasteiger partial charge in [-0.3, -0.25) is 0 Å². The molecule has 5 N–H and O–H groups in total. The number of halogens is 4. The van der Waals surface area contributed by atoms with Crippen molar-refractivity contribution in [3.05, 3.63) is 149 Å². The molecule has 17 rings (SSSR count). The number of hydrogen-bond acceptors (Lipinski definition) is 27. The number of aromatic nitrogens is 18. The smallest absolute Gasteiger partial charge is 0.208 e. The molecule has 114 heavy (non-hydrogen) atoms. The van der Waals surface area contributed by atoms with E-state index in [0.717, 1.165) is 149 Å². The topological polar surface area (TPSA) is 278 Å². The van der Waals surface area contributed by atoms with Crippen LogP contribution in [0.1, 0.15) is 122 Å². The summed E-state index contributed by atoms with van der Waals surface area (Å²) >= 11 is 32.5. The van der Waals surface area contributed by atoms with Crippen LogP contribution in [0.5, 0.6) is 0 Å². The van der Waals surface area contributed by atoms with E-state index in [4.69, 9.17) is 52.1 Å². The first-order valence-electron chi connectivity index (χ1n) is 38.0. The Balaban J connectivity index is 0.000000126. The maximum Gasteiger partial charge on any atom is 0.208 e. The second kappa shape index (κ2) is 33.1. The molecule has 5 fully saturated rings. The normalized spacial score (nSPS) is 19.6. The van der Waals surface area contributed by atoms with Gasteiger partial charge in [-0.05, 0) is 213 Å². The molecule has 0 saturated carbocycles. The maximum atomic E-state index is 6.58. The van der Waals surface area contributed by atoms with Gasteiger partial charge in [0.25, 0.3) is 0 Å². The van der Waals surface area contributed by atoms with Crippen LogP contribution in [-0.4, -0.2) is 201 Å². The highest BCUT2D eigenvalue weighted by atomic mass is 35.5. The fourth-order valence-corrected chi connectivity index (χ4v) is 22.1. The molecule has 27 nitrogen and oxygen atoms in total. The van der Waals surface area contributed by atoms with E-state index >= 15 is 0 Å². The van der Waals surface area contributed by atoms with E-state index in [1.54, 1.807) is 98.2 Å². The van der Waals surface area contributed by atoms with Crippen molar-refractivity contribution in [3.63, 3.8) is 0 Å². The van der Waals surface area contributed by atoms with E-state index < -0.39 is 0 Å². The number of nitrogens with two attached hydrogens (primary N) is 1. The van der Waals surface area contributed by atoms with Crippen molar-refractivity contribution in [1.82, 2.24) is 111 Å². The lowest BCUT2D eigenvalue weighted by molar-refractivity contribution is 0.160. The van der Waals surface area contributed by atoms with Crippen LogP contribution in [0.25, 0.3) is 65.0 Å². The Morgan fingerprint density at radius 2 is 0.807 bits per heavy atom. The van der Waals surface area contributed by atoms with Gasteiger partial charge in [0.1, 0.15) is 18.5 Å². The predicted molar refractivity (Wildman–Crippen MR) is 465 cm³/mol. The van der Waals surface area contributed by atoms with E-state index in [1.165, 1.54) is 24.2 Å². The van der Waals surface area contributed by atoms with Crippen molar-refractivity contribution in [1.29, 1.82) is 0 Å². The van der Waals surface area contributed by atoms with Gasteiger partial charge in [-0.25, -0.2) is 19.3 Å². The third-order valence-electron chi connectivity index (χ3n) is 21.4. The summed E-state index contributed by atoms with van der Waals surface area (Å²) in [5.41, 5.74) is 13.2. The van der Waals surface area contributed by atoms with Gasteiger partial charge in [0.15, 0.2) is 20.0 Å². The first kappa shape index (κ1) is 82.4. The van der Waals surface area contributed by atoms with Crippen molar-refractivity contribution < 1.29 is 0 Å². The zero-order chi connectivity index (χ0) is 81.0. The Morgan fingerprint density at radius 3 is 1.19 bits per heavy atom. The number of likely N-dealkylation sites (tertiary alicyclic amines) is 1. The second-order valence-corrected chi connectivity index (χ2v) is 39.8. The van der Waals surface area contributed by atoms with Gasteiger partial charge in [-0.2, -0.15) is 25.2 Å². The molecule has 0 amide bonds. The van der Waals surface area contributed by atoms with E-state index in [0.29, 0.717) is 44.0 Å². The molecule has 5 aliphatic rings. The van der Waals surface area contributed by atoms with Crippen molar-refractivity contribution in [2.45, 2.75) is 173 Å². The molecule has 0 spiro atoms. The number of nitrogen functional groups attached to an aromatic ring is 1. The number of anilines is 5. The first-order chi connectivity index (χ1) is 54.0. The van der Waals surface area contributed by atoms with E-state index in [1.807, 2.05) is 83.6 Å². The molecule has 0 unspecified atom stereocenters. The van der Waals surface area contributed by atoms with Gasteiger partial charge < -0.3 is 50.8 Å². The highest BCUT2D eigenvalue weighted by molar-refractivity contribution is 7.19. The van der Waals surface area contributed by atoms with Crippen LogP contribution in [0.2, 0.25) is 20.1 Å². The summed E-state index contributed by atoms with van der Waals surface area (Å²) in [4.78, 5) is 21.2. The summed E-state index contributed by atoms with van der Waals surface area (Å²) in [5.74, 6) is 1.98. The summed E-state index contributed by atoms with van der Waals surface area (Å²) in [7, 11) is 8.54. The van der Waals surface area contributed by atoms with Gasteiger partial charge in [0.05, 0.1) is 55.9 Å². The van der Waals surface area contributed by atoms with E-state index in [9.17, 15) is 0 Å². The lowest BCUT2D eigenvalue weighted by atomic mass is 9.79. The number of piperidine rings is 3. The molecule has 4 aromatic carbocycles. The van der Waals surface area contributed by atoms with Gasteiger partial charge in [-0.1, -0.05) is 91.8 Å². The summed E-state index contributed by atoms with van der Waals surface area (Å²) in [5, 5.41) is 72.9. The molecular weight excluding hydrogens is 1600 g/mol. The van der Waals surface area contributed by atoms with Crippen molar-refractivity contribution in [2.24, 2.45) is 11.8 Å². The average Bonchev–Trinajstić information content (AvgIpc) is 1.50. The van der Waals surface area contributed by atoms with Gasteiger partial charge in [-0.15, -0.1) is 40.8 Å². The lowest BCUT2D eigenvalue weighted by Gasteiger charge is -2.48. The number of imidazole rings is 1. The van der Waals surface area contributed by atoms with Crippen LogP contribution in [0.3, 0.4) is 0 Å². The molecule has 2 atom stereocenters. The van der Waals surface area contributed by atoms with Crippen molar-refractivity contribution in [3.8, 4) is 65.0 Å². The Morgan fingerprint density at radius 1 is 0.421 bits per heavy atom. The number of hydrogen-bond donors (Lipinski definition) is 4. The molecule has 5 aliphatic heterocycles. The van der Waals surface area contributed by atoms with Crippen LogP contribution < -0.4 is 41.3 Å². The first-order valence-corrected chi connectivity index (χ1v) is 42.8.